The average Bonchev–Trinajstić information content (AvgIpc) is 2.88. The van der Waals surface area contributed by atoms with Crippen molar-refractivity contribution < 1.29 is 9.18 Å². The molecule has 1 amide bonds. The van der Waals surface area contributed by atoms with Gasteiger partial charge in [0.2, 0.25) is 0 Å². The standard InChI is InChI=1S/C18H11BrFNOS2/c19-13(12-6-2-1-3-7-12)10-11-16-17(22)21(18(23)24-16)15-9-5-4-8-14(15)20/h1-11H/b13-10-,16-11+. The number of hydrogen-bond acceptors (Lipinski definition) is 3. The summed E-state index contributed by atoms with van der Waals surface area (Å²) in [5, 5.41) is 0. The summed E-state index contributed by atoms with van der Waals surface area (Å²) in [5.74, 6) is -0.796. The summed E-state index contributed by atoms with van der Waals surface area (Å²) in [7, 11) is 0. The Morgan fingerprint density at radius 2 is 1.79 bits per heavy atom. The van der Waals surface area contributed by atoms with E-state index in [0.29, 0.717) is 9.23 Å². The Hall–Kier alpha value is -1.76. The monoisotopic (exact) mass is 419 g/mol. The molecule has 0 aromatic heterocycles. The van der Waals surface area contributed by atoms with Crippen molar-refractivity contribution in [3.63, 3.8) is 0 Å². The number of anilines is 1. The molecule has 2 nitrogen and oxygen atoms in total. The van der Waals surface area contributed by atoms with Gasteiger partial charge in [-0.2, -0.15) is 0 Å². The molecule has 3 rings (SSSR count). The maximum atomic E-state index is 13.9. The number of carbonyl (C=O) groups excluding carboxylic acids is 1. The van der Waals surface area contributed by atoms with E-state index in [4.69, 9.17) is 12.2 Å². The molecule has 0 unspecified atom stereocenters. The summed E-state index contributed by atoms with van der Waals surface area (Å²) < 4.78 is 15.1. The number of allylic oxidation sites excluding steroid dienone is 2. The fourth-order valence-electron chi connectivity index (χ4n) is 2.17. The number of amides is 1. The predicted octanol–water partition coefficient (Wildman–Crippen LogP) is 5.51. The van der Waals surface area contributed by atoms with Crippen molar-refractivity contribution in [3.8, 4) is 0 Å². The summed E-state index contributed by atoms with van der Waals surface area (Å²) in [6.45, 7) is 0. The van der Waals surface area contributed by atoms with Gasteiger partial charge in [-0.25, -0.2) is 4.39 Å². The summed E-state index contributed by atoms with van der Waals surface area (Å²) in [6, 6.07) is 15.8. The smallest absolute Gasteiger partial charge is 0.268 e. The lowest BCUT2D eigenvalue weighted by molar-refractivity contribution is -0.113. The zero-order valence-electron chi connectivity index (χ0n) is 12.3. The Bertz CT molecular complexity index is 864. The summed E-state index contributed by atoms with van der Waals surface area (Å²) in [5.41, 5.74) is 1.17. The van der Waals surface area contributed by atoms with Crippen LogP contribution in [0, 0.1) is 5.82 Å². The minimum atomic E-state index is -0.476. The molecule has 1 heterocycles. The molecule has 0 radical (unpaired) electrons. The van der Waals surface area contributed by atoms with Crippen molar-refractivity contribution in [3.05, 3.63) is 83.0 Å². The molecule has 0 spiro atoms. The molecule has 120 valence electrons. The summed E-state index contributed by atoms with van der Waals surface area (Å²) in [4.78, 5) is 14.2. The largest absolute Gasteiger partial charge is 0.270 e. The molecular formula is C18H11BrFNOS2. The van der Waals surface area contributed by atoms with Crippen LogP contribution in [-0.4, -0.2) is 10.2 Å². The van der Waals surface area contributed by atoms with Gasteiger partial charge in [0, 0.05) is 4.48 Å². The highest BCUT2D eigenvalue weighted by Gasteiger charge is 2.34. The number of thiocarbonyl (C=S) groups is 1. The molecule has 1 aliphatic rings. The first kappa shape index (κ1) is 17.1. The molecule has 6 heteroatoms. The normalized spacial score (nSPS) is 17.0. The van der Waals surface area contributed by atoms with Crippen LogP contribution in [0.25, 0.3) is 4.48 Å². The topological polar surface area (TPSA) is 20.3 Å². The lowest BCUT2D eigenvalue weighted by Gasteiger charge is -2.14. The molecule has 2 aromatic rings. The summed E-state index contributed by atoms with van der Waals surface area (Å²) in [6.07, 6.45) is 3.49. The summed E-state index contributed by atoms with van der Waals surface area (Å²) >= 11 is 9.89. The molecule has 1 saturated heterocycles. The number of para-hydroxylation sites is 1. The Labute approximate surface area is 157 Å². The third-order valence-electron chi connectivity index (χ3n) is 3.32. The van der Waals surface area contributed by atoms with Crippen molar-refractivity contribution in [2.75, 3.05) is 4.90 Å². The molecule has 0 saturated carbocycles. The lowest BCUT2D eigenvalue weighted by atomic mass is 10.2. The zero-order chi connectivity index (χ0) is 17.1. The Morgan fingerprint density at radius 1 is 1.12 bits per heavy atom. The van der Waals surface area contributed by atoms with Gasteiger partial charge in [0.25, 0.3) is 5.91 Å². The van der Waals surface area contributed by atoms with Crippen LogP contribution >= 0.6 is 39.9 Å². The molecule has 1 fully saturated rings. The van der Waals surface area contributed by atoms with E-state index in [1.54, 1.807) is 30.4 Å². The lowest BCUT2D eigenvalue weighted by Crippen LogP contribution is -2.28. The number of halogens is 2. The van der Waals surface area contributed by atoms with Crippen LogP contribution in [0.1, 0.15) is 5.56 Å². The molecule has 2 aromatic carbocycles. The van der Waals surface area contributed by atoms with E-state index in [-0.39, 0.29) is 11.6 Å². The molecule has 1 aliphatic heterocycles. The fourth-order valence-corrected chi connectivity index (χ4v) is 3.79. The highest BCUT2D eigenvalue weighted by molar-refractivity contribution is 9.15. The van der Waals surface area contributed by atoms with Crippen LogP contribution < -0.4 is 4.90 Å². The average molecular weight is 420 g/mol. The van der Waals surface area contributed by atoms with Crippen LogP contribution in [0.3, 0.4) is 0 Å². The van der Waals surface area contributed by atoms with Crippen molar-refractivity contribution in [2.24, 2.45) is 0 Å². The van der Waals surface area contributed by atoms with Gasteiger partial charge in [-0.3, -0.25) is 9.69 Å². The highest BCUT2D eigenvalue weighted by atomic mass is 79.9. The number of benzene rings is 2. The van der Waals surface area contributed by atoms with Crippen molar-refractivity contribution >= 4 is 60.3 Å². The van der Waals surface area contributed by atoms with E-state index in [9.17, 15) is 9.18 Å². The molecule has 0 aliphatic carbocycles. The SMILES string of the molecule is O=C1/C(=C\C=C(/Br)c2ccccc2)SC(=S)N1c1ccccc1F. The van der Waals surface area contributed by atoms with E-state index >= 15 is 0 Å². The van der Waals surface area contributed by atoms with Gasteiger partial charge >= 0.3 is 0 Å². The van der Waals surface area contributed by atoms with E-state index < -0.39 is 5.82 Å². The second kappa shape index (κ2) is 7.42. The van der Waals surface area contributed by atoms with Crippen LogP contribution in [-0.2, 0) is 4.79 Å². The van der Waals surface area contributed by atoms with Crippen molar-refractivity contribution in [1.29, 1.82) is 0 Å². The predicted molar refractivity (Wildman–Crippen MR) is 106 cm³/mol. The van der Waals surface area contributed by atoms with E-state index in [2.05, 4.69) is 15.9 Å². The molecular weight excluding hydrogens is 409 g/mol. The third-order valence-corrected chi connectivity index (χ3v) is 5.36. The van der Waals surface area contributed by atoms with Crippen LogP contribution in [0.4, 0.5) is 10.1 Å². The molecule has 0 bridgehead atoms. The number of hydrogen-bond donors (Lipinski definition) is 0. The van der Waals surface area contributed by atoms with E-state index in [0.717, 1.165) is 21.8 Å². The van der Waals surface area contributed by atoms with Crippen LogP contribution in [0.15, 0.2) is 71.7 Å². The number of carbonyl (C=O) groups is 1. The van der Waals surface area contributed by atoms with Crippen molar-refractivity contribution in [1.82, 2.24) is 0 Å². The zero-order valence-corrected chi connectivity index (χ0v) is 15.5. The van der Waals surface area contributed by atoms with Crippen LogP contribution in [0.5, 0.6) is 0 Å². The van der Waals surface area contributed by atoms with E-state index in [1.807, 2.05) is 30.3 Å². The van der Waals surface area contributed by atoms with Gasteiger partial charge in [-0.05, 0) is 29.8 Å². The maximum absolute atomic E-state index is 13.9. The van der Waals surface area contributed by atoms with E-state index in [1.165, 1.54) is 11.0 Å². The fraction of sp³-hybridized carbons (Fsp3) is 0. The first-order valence-corrected chi connectivity index (χ1v) is 9.03. The second-order valence-corrected chi connectivity index (χ2v) is 7.40. The van der Waals surface area contributed by atoms with Gasteiger partial charge in [-0.15, -0.1) is 0 Å². The minimum absolute atomic E-state index is 0.175. The van der Waals surface area contributed by atoms with Gasteiger partial charge in [0.15, 0.2) is 4.32 Å². The first-order valence-electron chi connectivity index (χ1n) is 7.01. The van der Waals surface area contributed by atoms with Crippen molar-refractivity contribution in [2.45, 2.75) is 0 Å². The second-order valence-electron chi connectivity index (χ2n) is 4.87. The molecule has 0 N–H and O–H groups in total. The van der Waals surface area contributed by atoms with Gasteiger partial charge in [0.05, 0.1) is 10.6 Å². The quantitative estimate of drug-likeness (QED) is 0.483. The minimum Gasteiger partial charge on any atom is -0.268 e. The Morgan fingerprint density at radius 3 is 2.50 bits per heavy atom. The van der Waals surface area contributed by atoms with Gasteiger partial charge in [0.1, 0.15) is 5.82 Å². The first-order chi connectivity index (χ1) is 11.6. The number of nitrogens with zero attached hydrogens (tertiary/aromatic N) is 1. The highest BCUT2D eigenvalue weighted by Crippen LogP contribution is 2.36. The number of rotatable bonds is 3. The van der Waals surface area contributed by atoms with Gasteiger partial charge in [-0.1, -0.05) is 82.4 Å². The Kier molecular flexibility index (Phi) is 5.28. The number of thioether (sulfide) groups is 1. The molecule has 0 atom stereocenters. The van der Waals surface area contributed by atoms with Crippen LogP contribution in [0.2, 0.25) is 0 Å². The van der Waals surface area contributed by atoms with Gasteiger partial charge < -0.3 is 0 Å². The maximum Gasteiger partial charge on any atom is 0.270 e. The Balaban J connectivity index is 1.88. The molecule has 24 heavy (non-hydrogen) atoms. The third kappa shape index (κ3) is 3.50.